The second-order valence-electron chi connectivity index (χ2n) is 11.6. The molecule has 0 radical (unpaired) electrons. The molecule has 2 aromatic heterocycles. The summed E-state index contributed by atoms with van der Waals surface area (Å²) in [6.45, 7) is 5.02. The minimum absolute atomic E-state index is 0.0509. The number of carbonyl (C=O) groups excluding carboxylic acids is 1. The summed E-state index contributed by atoms with van der Waals surface area (Å²) in [6.07, 6.45) is 7.03. The molecule has 0 saturated carbocycles. The van der Waals surface area contributed by atoms with Crippen LogP contribution in [0.1, 0.15) is 48.9 Å². The maximum atomic E-state index is 13.8. The Morgan fingerprint density at radius 1 is 1.02 bits per heavy atom. The number of nitrogens with one attached hydrogen (secondary N) is 1. The Morgan fingerprint density at radius 3 is 2.58 bits per heavy atom. The summed E-state index contributed by atoms with van der Waals surface area (Å²) in [6, 6.07) is 3.86. The number of nitrogens with zero attached hydrogens (tertiary/aromatic N) is 6. The Balaban J connectivity index is 1.15. The molecule has 10 nitrogen and oxygen atoms in total. The number of aromatic amines is 1. The van der Waals surface area contributed by atoms with Gasteiger partial charge in [-0.15, -0.1) is 0 Å². The zero-order valence-electron chi connectivity index (χ0n) is 23.0. The standard InChI is InChI=1S/C29H34ClN7O3/c1-34-9-5-6-20-24(34)32-28(33-25(20)38)37-12-7-29(8-13-37)23-21(30)14-18(15-22(23)35(2)27(29)39)26-31-19(17-40-26)16-36-10-3-4-11-36/h14-15,17H,3-13,16H2,1-2H3,(H,32,33,38). The summed E-state index contributed by atoms with van der Waals surface area (Å²) in [5, 5.41) is 0.555. The first kappa shape index (κ1) is 25.6. The van der Waals surface area contributed by atoms with E-state index in [1.54, 1.807) is 11.2 Å². The fourth-order valence-corrected chi connectivity index (χ4v) is 7.40. The molecule has 210 valence electrons. The molecule has 2 saturated heterocycles. The lowest BCUT2D eigenvalue weighted by molar-refractivity contribution is -0.123. The molecule has 0 unspecified atom stereocenters. The van der Waals surface area contributed by atoms with Gasteiger partial charge in [-0.3, -0.25) is 19.5 Å². The zero-order chi connectivity index (χ0) is 27.6. The van der Waals surface area contributed by atoms with Gasteiger partial charge in [-0.05, 0) is 63.7 Å². The van der Waals surface area contributed by atoms with Crippen molar-refractivity contribution in [1.82, 2.24) is 19.9 Å². The van der Waals surface area contributed by atoms with Crippen molar-refractivity contribution in [2.24, 2.45) is 0 Å². The SMILES string of the molecule is CN1CCCc2c1nc(N1CCC3(CC1)C(=O)N(C)c1cc(-c4nc(CN5CCCC5)co4)cc(Cl)c13)[nH]c2=O. The molecule has 0 bridgehead atoms. The van der Waals surface area contributed by atoms with Crippen LogP contribution in [0.2, 0.25) is 5.02 Å². The molecule has 1 spiro atoms. The van der Waals surface area contributed by atoms with Crippen LogP contribution in [0.4, 0.5) is 17.5 Å². The Hall–Kier alpha value is -3.37. The number of piperidine rings is 1. The number of carbonyl (C=O) groups is 1. The Labute approximate surface area is 237 Å². The van der Waals surface area contributed by atoms with Gasteiger partial charge in [0.2, 0.25) is 17.7 Å². The highest BCUT2D eigenvalue weighted by molar-refractivity contribution is 6.33. The minimum Gasteiger partial charge on any atom is -0.444 e. The highest BCUT2D eigenvalue weighted by Gasteiger charge is 2.52. The largest absolute Gasteiger partial charge is 0.444 e. The number of likely N-dealkylation sites (tertiary alicyclic amines) is 1. The van der Waals surface area contributed by atoms with E-state index < -0.39 is 5.41 Å². The van der Waals surface area contributed by atoms with Gasteiger partial charge in [-0.1, -0.05) is 11.6 Å². The van der Waals surface area contributed by atoms with Gasteiger partial charge in [-0.2, -0.15) is 4.98 Å². The van der Waals surface area contributed by atoms with E-state index in [9.17, 15) is 9.59 Å². The summed E-state index contributed by atoms with van der Waals surface area (Å²) >= 11 is 6.96. The molecular formula is C29H34ClN7O3. The van der Waals surface area contributed by atoms with Gasteiger partial charge in [-0.25, -0.2) is 4.98 Å². The van der Waals surface area contributed by atoms with Gasteiger partial charge in [0.15, 0.2) is 0 Å². The Morgan fingerprint density at radius 2 is 1.80 bits per heavy atom. The molecule has 0 aliphatic carbocycles. The van der Waals surface area contributed by atoms with Crippen LogP contribution in [0.5, 0.6) is 0 Å². The van der Waals surface area contributed by atoms with Gasteiger partial charge in [0, 0.05) is 62.1 Å². The number of hydrogen-bond acceptors (Lipinski definition) is 8. The number of fused-ring (bicyclic) bond motifs is 3. The lowest BCUT2D eigenvalue weighted by Crippen LogP contribution is -2.49. The molecule has 6 heterocycles. The summed E-state index contributed by atoms with van der Waals surface area (Å²) in [4.78, 5) is 47.4. The first-order chi connectivity index (χ1) is 19.3. The van der Waals surface area contributed by atoms with Crippen LogP contribution in [-0.2, 0) is 23.2 Å². The summed E-state index contributed by atoms with van der Waals surface area (Å²) in [5.41, 5.74) is 3.33. The van der Waals surface area contributed by atoms with E-state index in [1.807, 2.05) is 26.2 Å². The number of aromatic nitrogens is 3. The molecule has 7 rings (SSSR count). The zero-order valence-corrected chi connectivity index (χ0v) is 23.8. The summed E-state index contributed by atoms with van der Waals surface area (Å²) < 4.78 is 5.85. The lowest BCUT2D eigenvalue weighted by Gasteiger charge is -2.39. The van der Waals surface area contributed by atoms with E-state index >= 15 is 0 Å². The summed E-state index contributed by atoms with van der Waals surface area (Å²) in [7, 11) is 3.79. The molecule has 1 aromatic carbocycles. The quantitative estimate of drug-likeness (QED) is 0.514. The van der Waals surface area contributed by atoms with Crippen LogP contribution < -0.4 is 20.3 Å². The monoisotopic (exact) mass is 563 g/mol. The topological polar surface area (TPSA) is 102 Å². The summed E-state index contributed by atoms with van der Waals surface area (Å²) in [5.74, 6) is 1.90. The molecule has 1 N–H and O–H groups in total. The number of benzene rings is 1. The molecule has 2 fully saturated rings. The van der Waals surface area contributed by atoms with E-state index in [0.717, 1.165) is 72.9 Å². The number of H-pyrrole nitrogens is 1. The predicted octanol–water partition coefficient (Wildman–Crippen LogP) is 3.57. The molecular weight excluding hydrogens is 530 g/mol. The molecule has 4 aliphatic heterocycles. The van der Waals surface area contributed by atoms with Crippen LogP contribution >= 0.6 is 11.6 Å². The van der Waals surface area contributed by atoms with E-state index in [2.05, 4.69) is 19.7 Å². The fraction of sp³-hybridized carbons (Fsp3) is 0.517. The van der Waals surface area contributed by atoms with Crippen LogP contribution in [0.25, 0.3) is 11.5 Å². The van der Waals surface area contributed by atoms with Crippen molar-refractivity contribution in [3.63, 3.8) is 0 Å². The number of oxazole rings is 1. The van der Waals surface area contributed by atoms with Crippen molar-refractivity contribution >= 4 is 35.0 Å². The predicted molar refractivity (Wildman–Crippen MR) is 154 cm³/mol. The fourth-order valence-electron chi connectivity index (χ4n) is 7.00. The number of amides is 1. The highest BCUT2D eigenvalue weighted by Crippen LogP contribution is 2.52. The maximum Gasteiger partial charge on any atom is 0.257 e. The van der Waals surface area contributed by atoms with Crippen molar-refractivity contribution in [1.29, 1.82) is 0 Å². The second kappa shape index (κ2) is 9.62. The Bertz CT molecular complexity index is 1530. The van der Waals surface area contributed by atoms with Gasteiger partial charge >= 0.3 is 0 Å². The molecule has 40 heavy (non-hydrogen) atoms. The maximum absolute atomic E-state index is 13.8. The molecule has 1 amide bonds. The third kappa shape index (κ3) is 4.03. The van der Waals surface area contributed by atoms with Crippen molar-refractivity contribution in [2.45, 2.75) is 50.5 Å². The lowest BCUT2D eigenvalue weighted by atomic mass is 9.73. The van der Waals surface area contributed by atoms with Crippen molar-refractivity contribution in [2.75, 3.05) is 61.5 Å². The van der Waals surface area contributed by atoms with Crippen LogP contribution in [0.15, 0.2) is 27.6 Å². The third-order valence-electron chi connectivity index (χ3n) is 9.19. The van der Waals surface area contributed by atoms with Crippen molar-refractivity contribution in [3.05, 3.63) is 50.6 Å². The normalized spacial score (nSPS) is 20.5. The van der Waals surface area contributed by atoms with Crippen LogP contribution in [0, 0.1) is 0 Å². The van der Waals surface area contributed by atoms with E-state index in [4.69, 9.17) is 26.0 Å². The first-order valence-electron chi connectivity index (χ1n) is 14.2. The van der Waals surface area contributed by atoms with Crippen LogP contribution in [0.3, 0.4) is 0 Å². The van der Waals surface area contributed by atoms with E-state index in [0.29, 0.717) is 42.8 Å². The second-order valence-corrected chi connectivity index (χ2v) is 12.0. The van der Waals surface area contributed by atoms with Crippen molar-refractivity contribution < 1.29 is 9.21 Å². The smallest absolute Gasteiger partial charge is 0.257 e. The van der Waals surface area contributed by atoms with Crippen molar-refractivity contribution in [3.8, 4) is 11.5 Å². The van der Waals surface area contributed by atoms with E-state index in [1.165, 1.54) is 12.8 Å². The number of likely N-dealkylation sites (N-methyl/N-ethyl adjacent to an activating group) is 1. The van der Waals surface area contributed by atoms with Gasteiger partial charge in [0.1, 0.15) is 12.1 Å². The Kier molecular flexibility index (Phi) is 6.16. The van der Waals surface area contributed by atoms with Crippen LogP contribution in [-0.4, -0.2) is 72.6 Å². The molecule has 0 atom stereocenters. The molecule has 4 aliphatic rings. The first-order valence-corrected chi connectivity index (χ1v) is 14.6. The molecule has 3 aromatic rings. The average molecular weight is 564 g/mol. The number of rotatable bonds is 4. The number of halogens is 1. The van der Waals surface area contributed by atoms with Gasteiger partial charge < -0.3 is 19.1 Å². The number of anilines is 3. The average Bonchev–Trinajstić information content (AvgIpc) is 3.68. The third-order valence-corrected chi connectivity index (χ3v) is 9.48. The van der Waals surface area contributed by atoms with E-state index in [-0.39, 0.29) is 11.5 Å². The minimum atomic E-state index is -0.709. The highest BCUT2D eigenvalue weighted by atomic mass is 35.5. The number of hydrogen-bond donors (Lipinski definition) is 1. The van der Waals surface area contributed by atoms with Gasteiger partial charge in [0.25, 0.3) is 5.56 Å². The molecule has 11 heteroatoms. The van der Waals surface area contributed by atoms with Gasteiger partial charge in [0.05, 0.1) is 16.7 Å².